The molecule has 2 aromatic rings. The standard InChI is InChI=1S/C21H26N2O/c1-3-15-14-23-12-10-16(15)13-20(23)21(24-4-2)18-9-11-22-19-8-6-5-7-17(18)19/h3,5-9,11,15-16,20-21H,1,4,10,12-14H2,2H3/t15-,16-,20+,21-/m0/s1. The van der Waals surface area contributed by atoms with Crippen LogP contribution in [0.5, 0.6) is 0 Å². The summed E-state index contributed by atoms with van der Waals surface area (Å²) in [4.78, 5) is 7.15. The molecule has 0 amide bonds. The second kappa shape index (κ2) is 6.66. The van der Waals surface area contributed by atoms with Crippen molar-refractivity contribution in [3.63, 3.8) is 0 Å². The Balaban J connectivity index is 1.71. The maximum atomic E-state index is 6.30. The van der Waals surface area contributed by atoms with Crippen LogP contribution in [0.15, 0.2) is 49.2 Å². The summed E-state index contributed by atoms with van der Waals surface area (Å²) in [6.45, 7) is 9.19. The number of aromatic nitrogens is 1. The van der Waals surface area contributed by atoms with Crippen LogP contribution in [0.3, 0.4) is 0 Å². The van der Waals surface area contributed by atoms with Crippen molar-refractivity contribution >= 4 is 10.9 Å². The molecule has 1 unspecified atom stereocenters. The van der Waals surface area contributed by atoms with E-state index < -0.39 is 0 Å². The summed E-state index contributed by atoms with van der Waals surface area (Å²) in [5, 5.41) is 1.22. The van der Waals surface area contributed by atoms with Crippen molar-refractivity contribution in [3.8, 4) is 0 Å². The highest BCUT2D eigenvalue weighted by Crippen LogP contribution is 2.43. The van der Waals surface area contributed by atoms with Gasteiger partial charge in [0.15, 0.2) is 0 Å². The van der Waals surface area contributed by atoms with Gasteiger partial charge in [0.05, 0.1) is 11.6 Å². The number of fused-ring (bicyclic) bond motifs is 4. The molecule has 3 aliphatic heterocycles. The number of hydrogen-bond donors (Lipinski definition) is 0. The number of hydrogen-bond acceptors (Lipinski definition) is 3. The quantitative estimate of drug-likeness (QED) is 0.771. The van der Waals surface area contributed by atoms with E-state index >= 15 is 0 Å². The van der Waals surface area contributed by atoms with Crippen LogP contribution in [0.4, 0.5) is 0 Å². The summed E-state index contributed by atoms with van der Waals surface area (Å²) in [5.74, 6) is 1.40. The van der Waals surface area contributed by atoms with Gasteiger partial charge in [0.2, 0.25) is 0 Å². The molecule has 3 aliphatic rings. The topological polar surface area (TPSA) is 25.4 Å². The summed E-state index contributed by atoms with van der Waals surface area (Å²) in [6.07, 6.45) is 6.70. The smallest absolute Gasteiger partial charge is 0.0987 e. The maximum absolute atomic E-state index is 6.30. The van der Waals surface area contributed by atoms with E-state index in [1.807, 2.05) is 6.20 Å². The molecule has 1 aromatic heterocycles. The highest BCUT2D eigenvalue weighted by Gasteiger charge is 2.43. The molecule has 3 saturated heterocycles. The fraction of sp³-hybridized carbons (Fsp3) is 0.476. The first-order valence-electron chi connectivity index (χ1n) is 9.13. The van der Waals surface area contributed by atoms with Crippen molar-refractivity contribution in [2.24, 2.45) is 11.8 Å². The molecule has 2 bridgehead atoms. The first-order chi connectivity index (χ1) is 11.8. The van der Waals surface area contributed by atoms with Gasteiger partial charge in [-0.1, -0.05) is 24.3 Å². The summed E-state index contributed by atoms with van der Waals surface area (Å²) in [5.41, 5.74) is 2.34. The third-order valence-electron chi connectivity index (χ3n) is 5.84. The molecule has 0 saturated carbocycles. The Morgan fingerprint density at radius 3 is 3.00 bits per heavy atom. The van der Waals surface area contributed by atoms with Gasteiger partial charge in [-0.15, -0.1) is 6.58 Å². The zero-order chi connectivity index (χ0) is 16.5. The highest BCUT2D eigenvalue weighted by atomic mass is 16.5. The molecular weight excluding hydrogens is 296 g/mol. The lowest BCUT2D eigenvalue weighted by molar-refractivity contribution is -0.0719. The number of piperidine rings is 3. The number of ether oxygens (including phenoxy) is 1. The summed E-state index contributed by atoms with van der Waals surface area (Å²) < 4.78 is 6.30. The Labute approximate surface area is 144 Å². The lowest BCUT2D eigenvalue weighted by Crippen LogP contribution is -2.55. The van der Waals surface area contributed by atoms with Gasteiger partial charge in [-0.05, 0) is 55.8 Å². The van der Waals surface area contributed by atoms with Gasteiger partial charge in [-0.3, -0.25) is 9.88 Å². The minimum atomic E-state index is 0.122. The molecular formula is C21H26N2O. The molecule has 5 rings (SSSR count). The number of nitrogens with zero attached hydrogens (tertiary/aromatic N) is 2. The average molecular weight is 322 g/mol. The minimum Gasteiger partial charge on any atom is -0.372 e. The van der Waals surface area contributed by atoms with Crippen LogP contribution in [-0.2, 0) is 4.74 Å². The summed E-state index contributed by atoms with van der Waals surface area (Å²) in [6, 6.07) is 11.0. The third kappa shape index (κ3) is 2.66. The van der Waals surface area contributed by atoms with Gasteiger partial charge >= 0.3 is 0 Å². The molecule has 126 valence electrons. The molecule has 5 atom stereocenters. The number of para-hydroxylation sites is 1. The van der Waals surface area contributed by atoms with E-state index in [-0.39, 0.29) is 6.10 Å². The van der Waals surface area contributed by atoms with Crippen molar-refractivity contribution < 1.29 is 4.74 Å². The summed E-state index contributed by atoms with van der Waals surface area (Å²) in [7, 11) is 0. The van der Waals surface area contributed by atoms with E-state index in [2.05, 4.69) is 59.8 Å². The molecule has 24 heavy (non-hydrogen) atoms. The van der Waals surface area contributed by atoms with Crippen molar-refractivity contribution in [2.45, 2.75) is 31.9 Å². The predicted molar refractivity (Wildman–Crippen MR) is 97.9 cm³/mol. The Bertz CT molecular complexity index is 723. The normalized spacial score (nSPS) is 30.4. The van der Waals surface area contributed by atoms with Crippen LogP contribution >= 0.6 is 0 Å². The van der Waals surface area contributed by atoms with Crippen LogP contribution in [-0.4, -0.2) is 35.6 Å². The van der Waals surface area contributed by atoms with Gasteiger partial charge in [0, 0.05) is 30.8 Å². The lowest BCUT2D eigenvalue weighted by atomic mass is 9.73. The second-order valence-electron chi connectivity index (χ2n) is 7.04. The molecule has 1 aromatic carbocycles. The predicted octanol–water partition coefficient (Wildman–Crippen LogP) is 4.21. The number of rotatable bonds is 5. The fourth-order valence-electron chi connectivity index (χ4n) is 4.65. The van der Waals surface area contributed by atoms with Gasteiger partial charge in [0.1, 0.15) is 0 Å². The molecule has 3 fully saturated rings. The SMILES string of the molecule is C=C[C@H]1CN2CC[C@H]1C[C@@H]2[C@@H](OCC)c1ccnc2ccccc12. The molecule has 3 nitrogen and oxygen atoms in total. The van der Waals surface area contributed by atoms with E-state index in [0.717, 1.165) is 24.6 Å². The van der Waals surface area contributed by atoms with E-state index in [1.54, 1.807) is 0 Å². The van der Waals surface area contributed by atoms with Crippen LogP contribution in [0.1, 0.15) is 31.4 Å². The fourth-order valence-corrected chi connectivity index (χ4v) is 4.65. The van der Waals surface area contributed by atoms with Crippen LogP contribution in [0.2, 0.25) is 0 Å². The second-order valence-corrected chi connectivity index (χ2v) is 7.04. The molecule has 3 heteroatoms. The molecule has 0 spiro atoms. The zero-order valence-corrected chi connectivity index (χ0v) is 14.4. The molecule has 0 radical (unpaired) electrons. The minimum absolute atomic E-state index is 0.122. The monoisotopic (exact) mass is 322 g/mol. The Hall–Kier alpha value is -1.71. The largest absolute Gasteiger partial charge is 0.372 e. The van der Waals surface area contributed by atoms with E-state index in [0.29, 0.717) is 12.0 Å². The Morgan fingerprint density at radius 2 is 2.25 bits per heavy atom. The van der Waals surface area contributed by atoms with Gasteiger partial charge in [-0.25, -0.2) is 0 Å². The first-order valence-corrected chi connectivity index (χ1v) is 9.13. The maximum Gasteiger partial charge on any atom is 0.0987 e. The molecule has 0 N–H and O–H groups in total. The third-order valence-corrected chi connectivity index (χ3v) is 5.84. The highest BCUT2D eigenvalue weighted by molar-refractivity contribution is 5.82. The van der Waals surface area contributed by atoms with Crippen molar-refractivity contribution in [1.29, 1.82) is 0 Å². The van der Waals surface area contributed by atoms with E-state index in [1.165, 1.54) is 30.3 Å². The molecule has 0 aliphatic carbocycles. The number of benzene rings is 1. The Kier molecular flexibility index (Phi) is 4.38. The average Bonchev–Trinajstić information content (AvgIpc) is 2.66. The van der Waals surface area contributed by atoms with Crippen molar-refractivity contribution in [2.75, 3.05) is 19.7 Å². The van der Waals surface area contributed by atoms with Gasteiger partial charge in [-0.2, -0.15) is 0 Å². The lowest BCUT2D eigenvalue weighted by Gasteiger charge is -2.51. The van der Waals surface area contributed by atoms with E-state index in [4.69, 9.17) is 4.74 Å². The van der Waals surface area contributed by atoms with Crippen LogP contribution < -0.4 is 0 Å². The van der Waals surface area contributed by atoms with Crippen molar-refractivity contribution in [1.82, 2.24) is 9.88 Å². The summed E-state index contributed by atoms with van der Waals surface area (Å²) >= 11 is 0. The first kappa shape index (κ1) is 15.8. The van der Waals surface area contributed by atoms with Crippen LogP contribution in [0.25, 0.3) is 10.9 Å². The van der Waals surface area contributed by atoms with E-state index in [9.17, 15) is 0 Å². The molecule has 4 heterocycles. The number of pyridine rings is 1. The van der Waals surface area contributed by atoms with Gasteiger partial charge in [0.25, 0.3) is 0 Å². The van der Waals surface area contributed by atoms with Crippen LogP contribution in [0, 0.1) is 11.8 Å². The van der Waals surface area contributed by atoms with Crippen molar-refractivity contribution in [3.05, 3.63) is 54.7 Å². The van der Waals surface area contributed by atoms with Gasteiger partial charge < -0.3 is 4.74 Å². The zero-order valence-electron chi connectivity index (χ0n) is 14.4. The Morgan fingerprint density at radius 1 is 1.38 bits per heavy atom.